The molecule has 3 N–H and O–H groups in total. The number of methoxy groups -OCH3 is 2. The molecule has 20 heavy (non-hydrogen) atoms. The van der Waals surface area contributed by atoms with E-state index in [2.05, 4.69) is 10.1 Å². The van der Waals surface area contributed by atoms with Crippen molar-refractivity contribution in [2.75, 3.05) is 25.3 Å². The van der Waals surface area contributed by atoms with Crippen LogP contribution in [-0.2, 0) is 9.47 Å². The SMILES string of the molecule is COC(=O)c1sc(NC(C)C(C)C)c(C(=O)OC)c1N. The van der Waals surface area contributed by atoms with E-state index in [0.29, 0.717) is 10.9 Å². The Hall–Kier alpha value is -1.76. The van der Waals surface area contributed by atoms with Crippen LogP contribution in [0.2, 0.25) is 0 Å². The predicted octanol–water partition coefficient (Wildman–Crippen LogP) is 2.36. The first-order chi connectivity index (χ1) is 9.33. The average Bonchev–Trinajstić information content (AvgIpc) is 2.73. The van der Waals surface area contributed by atoms with Gasteiger partial charge in [0.25, 0.3) is 0 Å². The van der Waals surface area contributed by atoms with E-state index in [1.165, 1.54) is 14.2 Å². The minimum Gasteiger partial charge on any atom is -0.465 e. The molecule has 7 heteroatoms. The fourth-order valence-electron chi connectivity index (χ4n) is 1.47. The molecule has 0 aromatic carbocycles. The van der Waals surface area contributed by atoms with Gasteiger partial charge in [0.1, 0.15) is 15.4 Å². The highest BCUT2D eigenvalue weighted by atomic mass is 32.1. The molecule has 6 nitrogen and oxygen atoms in total. The average molecular weight is 300 g/mol. The Balaban J connectivity index is 3.27. The number of carbonyl (C=O) groups is 2. The lowest BCUT2D eigenvalue weighted by molar-refractivity contribution is 0.0602. The molecule has 0 aliphatic rings. The van der Waals surface area contributed by atoms with Gasteiger partial charge in [0.05, 0.1) is 19.9 Å². The molecule has 0 aliphatic heterocycles. The Labute approximate surface area is 122 Å². The van der Waals surface area contributed by atoms with E-state index in [1.54, 1.807) is 0 Å². The van der Waals surface area contributed by atoms with Crippen LogP contribution in [0.5, 0.6) is 0 Å². The number of esters is 2. The monoisotopic (exact) mass is 300 g/mol. The molecule has 1 heterocycles. The lowest BCUT2D eigenvalue weighted by atomic mass is 10.1. The predicted molar refractivity (Wildman–Crippen MR) is 79.3 cm³/mol. The van der Waals surface area contributed by atoms with Gasteiger partial charge in [0.15, 0.2) is 0 Å². The van der Waals surface area contributed by atoms with Crippen molar-refractivity contribution in [1.29, 1.82) is 0 Å². The van der Waals surface area contributed by atoms with Crippen molar-refractivity contribution in [3.63, 3.8) is 0 Å². The zero-order valence-electron chi connectivity index (χ0n) is 12.3. The van der Waals surface area contributed by atoms with E-state index in [-0.39, 0.29) is 22.2 Å². The Kier molecular flexibility index (Phi) is 5.38. The van der Waals surface area contributed by atoms with Gasteiger partial charge in [-0.15, -0.1) is 11.3 Å². The third-order valence-electron chi connectivity index (χ3n) is 3.06. The van der Waals surface area contributed by atoms with Crippen molar-refractivity contribution in [2.45, 2.75) is 26.8 Å². The van der Waals surface area contributed by atoms with Gasteiger partial charge in [0, 0.05) is 6.04 Å². The van der Waals surface area contributed by atoms with Gasteiger partial charge in [-0.2, -0.15) is 0 Å². The van der Waals surface area contributed by atoms with Crippen LogP contribution in [0.3, 0.4) is 0 Å². The van der Waals surface area contributed by atoms with Crippen molar-refractivity contribution in [3.05, 3.63) is 10.4 Å². The first-order valence-electron chi connectivity index (χ1n) is 6.18. The van der Waals surface area contributed by atoms with E-state index in [0.717, 1.165) is 11.3 Å². The fourth-order valence-corrected chi connectivity index (χ4v) is 2.59. The van der Waals surface area contributed by atoms with Crippen LogP contribution in [0, 0.1) is 5.92 Å². The molecule has 0 saturated heterocycles. The summed E-state index contributed by atoms with van der Waals surface area (Å²) < 4.78 is 9.38. The molecule has 1 rings (SSSR count). The van der Waals surface area contributed by atoms with Crippen molar-refractivity contribution in [3.8, 4) is 0 Å². The molecule has 1 aromatic heterocycles. The number of thiophene rings is 1. The van der Waals surface area contributed by atoms with E-state index < -0.39 is 11.9 Å². The molecule has 0 radical (unpaired) electrons. The summed E-state index contributed by atoms with van der Waals surface area (Å²) in [5.41, 5.74) is 6.15. The van der Waals surface area contributed by atoms with Crippen molar-refractivity contribution >= 4 is 34.0 Å². The molecule has 0 amide bonds. The van der Waals surface area contributed by atoms with Gasteiger partial charge in [-0.1, -0.05) is 13.8 Å². The number of ether oxygens (including phenoxy) is 2. The molecule has 1 aromatic rings. The maximum absolute atomic E-state index is 11.8. The summed E-state index contributed by atoms with van der Waals surface area (Å²) in [6.07, 6.45) is 0. The second kappa shape index (κ2) is 6.60. The van der Waals surface area contributed by atoms with Gasteiger partial charge in [-0.3, -0.25) is 0 Å². The first kappa shape index (κ1) is 16.3. The number of hydrogen-bond donors (Lipinski definition) is 2. The first-order valence-corrected chi connectivity index (χ1v) is 7.00. The maximum atomic E-state index is 11.8. The van der Waals surface area contributed by atoms with Crippen LogP contribution in [0.25, 0.3) is 0 Å². The fraction of sp³-hybridized carbons (Fsp3) is 0.538. The molecule has 1 unspecified atom stereocenters. The molecule has 0 spiro atoms. The van der Waals surface area contributed by atoms with Crippen LogP contribution >= 0.6 is 11.3 Å². The number of nitrogens with one attached hydrogen (secondary N) is 1. The molecule has 0 aliphatic carbocycles. The molecular weight excluding hydrogens is 280 g/mol. The van der Waals surface area contributed by atoms with Crippen LogP contribution in [0.15, 0.2) is 0 Å². The lowest BCUT2D eigenvalue weighted by Crippen LogP contribution is -2.22. The van der Waals surface area contributed by atoms with Gasteiger partial charge in [-0.25, -0.2) is 9.59 Å². The molecule has 1 atom stereocenters. The van der Waals surface area contributed by atoms with Crippen LogP contribution in [-0.4, -0.2) is 32.2 Å². The van der Waals surface area contributed by atoms with Crippen molar-refractivity contribution in [2.24, 2.45) is 5.92 Å². The molecule has 112 valence electrons. The summed E-state index contributed by atoms with van der Waals surface area (Å²) in [5, 5.41) is 3.72. The second-order valence-electron chi connectivity index (χ2n) is 4.71. The highest BCUT2D eigenvalue weighted by Crippen LogP contribution is 2.37. The summed E-state index contributed by atoms with van der Waals surface area (Å²) in [4.78, 5) is 23.7. The number of hydrogen-bond acceptors (Lipinski definition) is 7. The highest BCUT2D eigenvalue weighted by molar-refractivity contribution is 7.19. The lowest BCUT2D eigenvalue weighted by Gasteiger charge is -2.18. The minimum absolute atomic E-state index is 0.0900. The molecule has 0 bridgehead atoms. The van der Waals surface area contributed by atoms with Crippen molar-refractivity contribution in [1.82, 2.24) is 0 Å². The number of nitrogen functional groups attached to an aromatic ring is 1. The number of nitrogens with two attached hydrogens (primary N) is 1. The molecule has 0 fully saturated rings. The van der Waals surface area contributed by atoms with Crippen LogP contribution in [0.1, 0.15) is 40.8 Å². The summed E-state index contributed by atoms with van der Waals surface area (Å²) in [5.74, 6) is -0.791. The van der Waals surface area contributed by atoms with E-state index in [9.17, 15) is 9.59 Å². The third kappa shape index (κ3) is 3.22. The zero-order valence-corrected chi connectivity index (χ0v) is 13.1. The quantitative estimate of drug-likeness (QED) is 0.811. The van der Waals surface area contributed by atoms with Crippen molar-refractivity contribution < 1.29 is 19.1 Å². The Bertz CT molecular complexity index is 511. The minimum atomic E-state index is -0.577. The third-order valence-corrected chi connectivity index (χ3v) is 4.18. The van der Waals surface area contributed by atoms with E-state index >= 15 is 0 Å². The number of carbonyl (C=O) groups excluding carboxylic acids is 2. The summed E-state index contributed by atoms with van der Waals surface area (Å²) >= 11 is 1.10. The summed E-state index contributed by atoms with van der Waals surface area (Å²) in [7, 11) is 2.54. The zero-order chi connectivity index (χ0) is 15.4. The van der Waals surface area contributed by atoms with Crippen LogP contribution < -0.4 is 11.1 Å². The molecular formula is C13H20N2O4S. The second-order valence-corrected chi connectivity index (χ2v) is 5.73. The number of anilines is 2. The van der Waals surface area contributed by atoms with Gasteiger partial charge in [0.2, 0.25) is 0 Å². The molecule has 0 saturated carbocycles. The van der Waals surface area contributed by atoms with E-state index in [1.807, 2.05) is 20.8 Å². The maximum Gasteiger partial charge on any atom is 0.350 e. The Morgan fingerprint density at radius 3 is 2.15 bits per heavy atom. The normalized spacial score (nSPS) is 12.1. The van der Waals surface area contributed by atoms with Crippen LogP contribution in [0.4, 0.5) is 10.7 Å². The smallest absolute Gasteiger partial charge is 0.350 e. The van der Waals surface area contributed by atoms with E-state index in [4.69, 9.17) is 10.5 Å². The van der Waals surface area contributed by atoms with Gasteiger partial charge in [-0.05, 0) is 12.8 Å². The standard InChI is InChI=1S/C13H20N2O4S/c1-6(2)7(3)15-11-8(12(16)18-4)9(14)10(20-11)13(17)19-5/h6-7,15H,14H2,1-5H3. The van der Waals surface area contributed by atoms with Gasteiger partial charge >= 0.3 is 11.9 Å². The Morgan fingerprint density at radius 2 is 1.70 bits per heavy atom. The summed E-state index contributed by atoms with van der Waals surface area (Å²) in [6, 6.07) is 0.113. The summed E-state index contributed by atoms with van der Waals surface area (Å²) in [6.45, 7) is 6.08. The number of rotatable bonds is 5. The highest BCUT2D eigenvalue weighted by Gasteiger charge is 2.27. The Morgan fingerprint density at radius 1 is 1.15 bits per heavy atom. The topological polar surface area (TPSA) is 90.6 Å². The largest absolute Gasteiger partial charge is 0.465 e. The van der Waals surface area contributed by atoms with Gasteiger partial charge < -0.3 is 20.5 Å².